The Morgan fingerprint density at radius 2 is 1.72 bits per heavy atom. The zero-order chi connectivity index (χ0) is 21.3. The van der Waals surface area contributed by atoms with Crippen LogP contribution in [0.3, 0.4) is 0 Å². The van der Waals surface area contributed by atoms with E-state index in [1.165, 1.54) is 0 Å². The number of hydrogen-bond donors (Lipinski definition) is 2. The summed E-state index contributed by atoms with van der Waals surface area (Å²) in [4.78, 5) is 17.0. The molecule has 0 aliphatic rings. The normalized spacial score (nSPS) is 11.2. The highest BCUT2D eigenvalue weighted by Crippen LogP contribution is 2.29. The van der Waals surface area contributed by atoms with E-state index in [-0.39, 0.29) is 0 Å². The number of rotatable bonds is 5. The highest BCUT2D eigenvalue weighted by Gasteiger charge is 2.14. The monoisotopic (exact) mass is 418 g/mol. The molecule has 0 spiro atoms. The Bertz CT molecular complexity index is 1500. The van der Waals surface area contributed by atoms with E-state index in [1.807, 2.05) is 66.7 Å². The molecule has 0 amide bonds. The van der Waals surface area contributed by atoms with Crippen molar-refractivity contribution in [2.75, 3.05) is 0 Å². The molecule has 4 heterocycles. The minimum Gasteiger partial charge on any atom is -0.487 e. The molecule has 2 aromatic carbocycles. The average Bonchev–Trinajstić information content (AvgIpc) is 3.47. The SMILES string of the molecule is c1ccc(COc2cncc(-c3cc4c(-c5nc6ccccc6[nH]5)n[nH]c4cn3)c2)cc1. The van der Waals surface area contributed by atoms with Crippen LogP contribution in [-0.4, -0.2) is 30.1 Å². The lowest BCUT2D eigenvalue weighted by Crippen LogP contribution is -1.96. The third-order valence-corrected chi connectivity index (χ3v) is 5.32. The van der Waals surface area contributed by atoms with Crippen molar-refractivity contribution >= 4 is 21.9 Å². The summed E-state index contributed by atoms with van der Waals surface area (Å²) in [6.45, 7) is 0.483. The van der Waals surface area contributed by atoms with Gasteiger partial charge in [0.2, 0.25) is 0 Å². The van der Waals surface area contributed by atoms with Crippen LogP contribution in [0.1, 0.15) is 5.56 Å². The molecule has 154 valence electrons. The van der Waals surface area contributed by atoms with Crippen LogP contribution in [-0.2, 0) is 6.61 Å². The fraction of sp³-hybridized carbons (Fsp3) is 0.0400. The Balaban J connectivity index is 1.34. The maximum absolute atomic E-state index is 5.93. The second-order valence-corrected chi connectivity index (χ2v) is 7.47. The van der Waals surface area contributed by atoms with E-state index in [0.29, 0.717) is 18.2 Å². The van der Waals surface area contributed by atoms with Gasteiger partial charge >= 0.3 is 0 Å². The molecule has 0 bridgehead atoms. The van der Waals surface area contributed by atoms with E-state index in [2.05, 4.69) is 30.1 Å². The minimum atomic E-state index is 0.483. The fourth-order valence-corrected chi connectivity index (χ4v) is 3.70. The van der Waals surface area contributed by atoms with Gasteiger partial charge in [-0.25, -0.2) is 4.98 Å². The van der Waals surface area contributed by atoms with Gasteiger partial charge in [0.15, 0.2) is 5.82 Å². The van der Waals surface area contributed by atoms with E-state index in [9.17, 15) is 0 Å². The van der Waals surface area contributed by atoms with Gasteiger partial charge in [0.1, 0.15) is 18.1 Å². The first-order chi connectivity index (χ1) is 15.8. The highest BCUT2D eigenvalue weighted by atomic mass is 16.5. The van der Waals surface area contributed by atoms with Crippen molar-refractivity contribution < 1.29 is 4.74 Å². The summed E-state index contributed by atoms with van der Waals surface area (Å²) in [5.74, 6) is 1.41. The van der Waals surface area contributed by atoms with E-state index in [0.717, 1.165) is 44.5 Å². The van der Waals surface area contributed by atoms with Gasteiger partial charge < -0.3 is 9.72 Å². The number of benzene rings is 2. The molecule has 0 saturated carbocycles. The van der Waals surface area contributed by atoms with Crippen molar-refractivity contribution in [1.82, 2.24) is 30.1 Å². The lowest BCUT2D eigenvalue weighted by Gasteiger charge is -2.08. The summed E-state index contributed by atoms with van der Waals surface area (Å²) in [7, 11) is 0. The lowest BCUT2D eigenvalue weighted by molar-refractivity contribution is 0.305. The molecule has 6 aromatic rings. The van der Waals surface area contributed by atoms with Crippen molar-refractivity contribution in [3.8, 4) is 28.5 Å². The number of hydrogen-bond acceptors (Lipinski definition) is 5. The van der Waals surface area contributed by atoms with Gasteiger partial charge in [0.05, 0.1) is 34.6 Å². The summed E-state index contributed by atoms with van der Waals surface area (Å²) in [5.41, 5.74) is 6.23. The van der Waals surface area contributed by atoms with Crippen LogP contribution in [0.5, 0.6) is 5.75 Å². The number of para-hydroxylation sites is 2. The number of aromatic amines is 2. The maximum Gasteiger partial charge on any atom is 0.159 e. The van der Waals surface area contributed by atoms with Crippen LogP contribution in [0.2, 0.25) is 0 Å². The number of nitrogens with one attached hydrogen (secondary N) is 2. The molecule has 6 rings (SSSR count). The number of imidazole rings is 1. The Labute approximate surface area is 183 Å². The first-order valence-corrected chi connectivity index (χ1v) is 10.2. The van der Waals surface area contributed by atoms with E-state index in [4.69, 9.17) is 4.74 Å². The van der Waals surface area contributed by atoms with Crippen LogP contribution < -0.4 is 4.74 Å². The Kier molecular flexibility index (Phi) is 4.35. The molecular formula is C25H18N6O. The van der Waals surface area contributed by atoms with Gasteiger partial charge in [-0.1, -0.05) is 42.5 Å². The van der Waals surface area contributed by atoms with Crippen molar-refractivity contribution in [2.45, 2.75) is 6.61 Å². The van der Waals surface area contributed by atoms with Crippen molar-refractivity contribution in [3.63, 3.8) is 0 Å². The number of nitrogens with zero attached hydrogens (tertiary/aromatic N) is 4. The molecule has 0 aliphatic heterocycles. The minimum absolute atomic E-state index is 0.483. The molecule has 0 atom stereocenters. The molecule has 7 nitrogen and oxygen atoms in total. The summed E-state index contributed by atoms with van der Waals surface area (Å²) in [6.07, 6.45) is 5.27. The molecule has 0 radical (unpaired) electrons. The average molecular weight is 418 g/mol. The van der Waals surface area contributed by atoms with Crippen LogP contribution in [0.15, 0.2) is 85.3 Å². The number of ether oxygens (including phenoxy) is 1. The van der Waals surface area contributed by atoms with Crippen LogP contribution >= 0.6 is 0 Å². The second kappa shape index (κ2) is 7.63. The van der Waals surface area contributed by atoms with Crippen LogP contribution in [0, 0.1) is 0 Å². The summed E-state index contributed by atoms with van der Waals surface area (Å²) in [6, 6.07) is 21.9. The van der Waals surface area contributed by atoms with Gasteiger partial charge in [-0.05, 0) is 29.8 Å². The van der Waals surface area contributed by atoms with Crippen LogP contribution in [0.25, 0.3) is 44.7 Å². The van der Waals surface area contributed by atoms with E-state index >= 15 is 0 Å². The Morgan fingerprint density at radius 1 is 0.844 bits per heavy atom. The zero-order valence-electron chi connectivity index (χ0n) is 17.0. The third-order valence-electron chi connectivity index (χ3n) is 5.32. The smallest absolute Gasteiger partial charge is 0.159 e. The summed E-state index contributed by atoms with van der Waals surface area (Å²) >= 11 is 0. The molecule has 0 fully saturated rings. The highest BCUT2D eigenvalue weighted by molar-refractivity contribution is 5.94. The molecule has 4 aromatic heterocycles. The van der Waals surface area contributed by atoms with Gasteiger partial charge in [-0.2, -0.15) is 5.10 Å². The zero-order valence-corrected chi connectivity index (χ0v) is 17.0. The van der Waals surface area contributed by atoms with Crippen molar-refractivity contribution in [3.05, 3.63) is 90.9 Å². The topological polar surface area (TPSA) is 92.4 Å². The molecule has 2 N–H and O–H groups in total. The maximum atomic E-state index is 5.93. The van der Waals surface area contributed by atoms with Crippen molar-refractivity contribution in [2.24, 2.45) is 0 Å². The lowest BCUT2D eigenvalue weighted by atomic mass is 10.1. The predicted octanol–water partition coefficient (Wildman–Crippen LogP) is 5.14. The van der Waals surface area contributed by atoms with Gasteiger partial charge in [-0.15, -0.1) is 0 Å². The van der Waals surface area contributed by atoms with Gasteiger partial charge in [0.25, 0.3) is 0 Å². The van der Waals surface area contributed by atoms with E-state index < -0.39 is 0 Å². The number of fused-ring (bicyclic) bond motifs is 2. The number of H-pyrrole nitrogens is 2. The fourth-order valence-electron chi connectivity index (χ4n) is 3.70. The third kappa shape index (κ3) is 3.35. The van der Waals surface area contributed by atoms with E-state index in [1.54, 1.807) is 18.6 Å². The van der Waals surface area contributed by atoms with Gasteiger partial charge in [0, 0.05) is 17.1 Å². The molecule has 0 aliphatic carbocycles. The molecule has 32 heavy (non-hydrogen) atoms. The number of aromatic nitrogens is 6. The largest absolute Gasteiger partial charge is 0.487 e. The summed E-state index contributed by atoms with van der Waals surface area (Å²) in [5, 5.41) is 8.46. The number of pyridine rings is 2. The molecule has 0 unspecified atom stereocenters. The van der Waals surface area contributed by atoms with Gasteiger partial charge in [-0.3, -0.25) is 15.1 Å². The quantitative estimate of drug-likeness (QED) is 0.404. The predicted molar refractivity (Wildman–Crippen MR) is 123 cm³/mol. The molecular weight excluding hydrogens is 400 g/mol. The Hall–Kier alpha value is -4.52. The van der Waals surface area contributed by atoms with Crippen molar-refractivity contribution in [1.29, 1.82) is 0 Å². The Morgan fingerprint density at radius 3 is 2.62 bits per heavy atom. The summed E-state index contributed by atoms with van der Waals surface area (Å²) < 4.78 is 5.93. The second-order valence-electron chi connectivity index (χ2n) is 7.47. The standard InChI is InChI=1S/C25H18N6O/c1-2-6-16(7-3-1)15-32-18-10-17(12-26-13-18)22-11-19-23(14-27-22)30-31-24(19)25-28-20-8-4-5-9-21(20)29-25/h1-14H,15H2,(H,28,29)(H,30,31). The first kappa shape index (κ1) is 18.3. The van der Waals surface area contributed by atoms with Crippen LogP contribution in [0.4, 0.5) is 0 Å². The molecule has 0 saturated heterocycles. The first-order valence-electron chi connectivity index (χ1n) is 10.2. The molecule has 7 heteroatoms.